The first-order valence-electron chi connectivity index (χ1n) is 13.9. The zero-order valence-corrected chi connectivity index (χ0v) is 24.1. The van der Waals surface area contributed by atoms with Crippen LogP contribution in [0.3, 0.4) is 0 Å². The Hall–Kier alpha value is -4.13. The second-order valence-corrected chi connectivity index (χ2v) is 10.1. The average Bonchev–Trinajstić information content (AvgIpc) is 2.93. The number of carbonyl (C=O) groups excluding carboxylic acids is 3. The van der Waals surface area contributed by atoms with Gasteiger partial charge in [-0.25, -0.2) is 0 Å². The molecule has 0 aliphatic carbocycles. The van der Waals surface area contributed by atoms with Gasteiger partial charge in [0.1, 0.15) is 11.5 Å². The van der Waals surface area contributed by atoms with Crippen LogP contribution in [0.1, 0.15) is 75.1 Å². The van der Waals surface area contributed by atoms with Gasteiger partial charge in [-0.05, 0) is 84.7 Å². The highest BCUT2D eigenvalue weighted by atomic mass is 16.5. The summed E-state index contributed by atoms with van der Waals surface area (Å²) in [5.41, 5.74) is 5.77. The average molecular weight is 545 g/mol. The number of aryl methyl sites for hydroxylation is 3. The summed E-state index contributed by atoms with van der Waals surface area (Å²) in [4.78, 5) is 36.8. The number of hydrogen-bond donors (Lipinski definition) is 2. The van der Waals surface area contributed by atoms with Gasteiger partial charge >= 0.3 is 5.97 Å². The number of nitrogens with one attached hydrogen (secondary N) is 2. The summed E-state index contributed by atoms with van der Waals surface area (Å²) >= 11 is 0. The van der Waals surface area contributed by atoms with Gasteiger partial charge in [0, 0.05) is 24.2 Å². The monoisotopic (exact) mass is 544 g/mol. The number of hydrogen-bond acceptors (Lipinski definition) is 5. The maximum Gasteiger partial charge on any atom is 0.306 e. The van der Waals surface area contributed by atoms with Crippen LogP contribution in [0.25, 0.3) is 0 Å². The molecule has 2 N–H and O–H groups in total. The van der Waals surface area contributed by atoms with Crippen molar-refractivity contribution in [1.82, 2.24) is 0 Å². The van der Waals surface area contributed by atoms with Crippen molar-refractivity contribution in [3.05, 3.63) is 82.9 Å². The van der Waals surface area contributed by atoms with Crippen LogP contribution in [-0.4, -0.2) is 24.4 Å². The summed E-state index contributed by atoms with van der Waals surface area (Å²) in [5.74, 6) is 0.746. The molecule has 0 aromatic heterocycles. The first-order valence-corrected chi connectivity index (χ1v) is 13.9. The van der Waals surface area contributed by atoms with Crippen LogP contribution in [-0.2, 0) is 32.0 Å². The van der Waals surface area contributed by atoms with Crippen LogP contribution in [0, 0.1) is 6.92 Å². The minimum Gasteiger partial charge on any atom is -0.457 e. The molecular formula is C33H40N2O5. The van der Waals surface area contributed by atoms with Gasteiger partial charge < -0.3 is 20.1 Å². The Bertz CT molecular complexity index is 1290. The number of amides is 2. The van der Waals surface area contributed by atoms with Gasteiger partial charge in [0.05, 0.1) is 0 Å². The molecule has 0 heterocycles. The van der Waals surface area contributed by atoms with E-state index in [1.165, 1.54) is 0 Å². The van der Waals surface area contributed by atoms with E-state index < -0.39 is 5.97 Å². The fraction of sp³-hybridized carbons (Fsp3) is 0.364. The third-order valence-electron chi connectivity index (χ3n) is 6.57. The second kappa shape index (κ2) is 14.9. The Morgan fingerprint density at radius 1 is 0.825 bits per heavy atom. The molecule has 0 radical (unpaired) electrons. The molecular weight excluding hydrogens is 504 g/mol. The Kier molecular flexibility index (Phi) is 11.3. The van der Waals surface area contributed by atoms with Crippen LogP contribution in [0.5, 0.6) is 11.5 Å². The third-order valence-corrected chi connectivity index (χ3v) is 6.57. The molecule has 0 saturated carbocycles. The van der Waals surface area contributed by atoms with E-state index in [2.05, 4.69) is 36.6 Å². The molecule has 0 aliphatic heterocycles. The van der Waals surface area contributed by atoms with E-state index in [-0.39, 0.29) is 31.3 Å². The number of para-hydroxylation sites is 1. The number of anilines is 2. The van der Waals surface area contributed by atoms with E-state index in [0.717, 1.165) is 46.5 Å². The van der Waals surface area contributed by atoms with Crippen molar-refractivity contribution >= 4 is 29.2 Å². The topological polar surface area (TPSA) is 93.7 Å². The lowest BCUT2D eigenvalue weighted by atomic mass is 10.0. The van der Waals surface area contributed by atoms with E-state index >= 15 is 0 Å². The summed E-state index contributed by atoms with van der Waals surface area (Å²) < 4.78 is 11.2. The van der Waals surface area contributed by atoms with Gasteiger partial charge in [0.25, 0.3) is 5.91 Å². The molecule has 0 spiro atoms. The largest absolute Gasteiger partial charge is 0.457 e. The molecule has 2 amide bonds. The maximum absolute atomic E-state index is 12.4. The molecule has 212 valence electrons. The molecule has 40 heavy (non-hydrogen) atoms. The second-order valence-electron chi connectivity index (χ2n) is 10.1. The highest BCUT2D eigenvalue weighted by molar-refractivity contribution is 5.94. The van der Waals surface area contributed by atoms with E-state index in [4.69, 9.17) is 9.47 Å². The molecule has 3 rings (SSSR count). The molecule has 0 unspecified atom stereocenters. The van der Waals surface area contributed by atoms with Gasteiger partial charge in [-0.1, -0.05) is 58.0 Å². The zero-order chi connectivity index (χ0) is 29.1. The van der Waals surface area contributed by atoms with Crippen molar-refractivity contribution in [1.29, 1.82) is 0 Å². The first kappa shape index (κ1) is 30.4. The van der Waals surface area contributed by atoms with E-state index in [9.17, 15) is 14.4 Å². The molecule has 0 aliphatic rings. The summed E-state index contributed by atoms with van der Waals surface area (Å²) in [6.45, 7) is 9.98. The fourth-order valence-electron chi connectivity index (χ4n) is 4.35. The van der Waals surface area contributed by atoms with Crippen molar-refractivity contribution in [3.63, 3.8) is 0 Å². The predicted octanol–water partition coefficient (Wildman–Crippen LogP) is 7.33. The molecule has 0 saturated heterocycles. The van der Waals surface area contributed by atoms with E-state index in [1.807, 2.05) is 57.2 Å². The lowest BCUT2D eigenvalue weighted by Gasteiger charge is -2.15. The molecule has 7 nitrogen and oxygen atoms in total. The van der Waals surface area contributed by atoms with Crippen molar-refractivity contribution in [3.8, 4) is 11.5 Å². The summed E-state index contributed by atoms with van der Waals surface area (Å²) in [6.07, 6.45) is 2.10. The number of ether oxygens (including phenoxy) is 2. The quantitative estimate of drug-likeness (QED) is 0.220. The van der Waals surface area contributed by atoms with Crippen molar-refractivity contribution < 1.29 is 23.9 Å². The van der Waals surface area contributed by atoms with Crippen LogP contribution < -0.4 is 15.4 Å². The van der Waals surface area contributed by atoms with Gasteiger partial charge in [-0.3, -0.25) is 14.4 Å². The van der Waals surface area contributed by atoms with Crippen molar-refractivity contribution in [2.45, 2.75) is 72.6 Å². The molecule has 7 heteroatoms. The fourth-order valence-corrected chi connectivity index (χ4v) is 4.35. The molecule has 0 atom stereocenters. The van der Waals surface area contributed by atoms with Crippen LogP contribution >= 0.6 is 0 Å². The van der Waals surface area contributed by atoms with E-state index in [1.54, 1.807) is 12.1 Å². The molecule has 0 bridgehead atoms. The van der Waals surface area contributed by atoms with Crippen LogP contribution in [0.15, 0.2) is 60.7 Å². The Labute approximate surface area is 237 Å². The lowest BCUT2D eigenvalue weighted by molar-refractivity contribution is -0.147. The van der Waals surface area contributed by atoms with Gasteiger partial charge in [0.15, 0.2) is 6.61 Å². The molecule has 3 aromatic carbocycles. The minimum atomic E-state index is -0.513. The van der Waals surface area contributed by atoms with Gasteiger partial charge in [-0.15, -0.1) is 0 Å². The Balaban J connectivity index is 1.40. The lowest BCUT2D eigenvalue weighted by Crippen LogP contribution is -2.22. The van der Waals surface area contributed by atoms with Crippen LogP contribution in [0.4, 0.5) is 11.4 Å². The molecule has 3 aromatic rings. The third kappa shape index (κ3) is 8.97. The minimum absolute atomic E-state index is 0.0495. The Morgan fingerprint density at radius 2 is 1.50 bits per heavy atom. The molecule has 0 fully saturated rings. The smallest absolute Gasteiger partial charge is 0.306 e. The Morgan fingerprint density at radius 3 is 2.12 bits per heavy atom. The summed E-state index contributed by atoms with van der Waals surface area (Å²) in [6, 6.07) is 19.3. The summed E-state index contributed by atoms with van der Waals surface area (Å²) in [7, 11) is 0. The van der Waals surface area contributed by atoms with Crippen molar-refractivity contribution in [2.75, 3.05) is 17.2 Å². The number of benzene rings is 3. The van der Waals surface area contributed by atoms with E-state index in [0.29, 0.717) is 23.8 Å². The highest BCUT2D eigenvalue weighted by Gasteiger charge is 2.13. The summed E-state index contributed by atoms with van der Waals surface area (Å²) in [5, 5.41) is 5.71. The number of rotatable bonds is 13. The first-order chi connectivity index (χ1) is 19.2. The number of esters is 1. The normalized spacial score (nSPS) is 10.8. The maximum atomic E-state index is 12.4. The zero-order valence-electron chi connectivity index (χ0n) is 24.1. The van der Waals surface area contributed by atoms with Gasteiger partial charge in [-0.2, -0.15) is 0 Å². The number of carbonyl (C=O) groups is 3. The van der Waals surface area contributed by atoms with Crippen LogP contribution in [0.2, 0.25) is 0 Å². The predicted molar refractivity (Wildman–Crippen MR) is 159 cm³/mol. The van der Waals surface area contributed by atoms with Gasteiger partial charge in [0.2, 0.25) is 5.91 Å². The standard InChI is InChI=1S/C33H40N2O5/c1-6-24-10-8-11-25(7-2)33(24)35-31(37)21-39-32(38)13-9-12-30(36)34-26-15-17-27(18-16-26)40-29-20-23(5)14-19-28(29)22(3)4/h8,10-11,14-20,22H,6-7,9,12-13,21H2,1-5H3,(H,34,36)(H,35,37). The SMILES string of the molecule is CCc1cccc(CC)c1NC(=O)COC(=O)CCCC(=O)Nc1ccc(Oc2cc(C)ccc2C(C)C)cc1. The highest BCUT2D eigenvalue weighted by Crippen LogP contribution is 2.32. The van der Waals surface area contributed by atoms with Crippen molar-refractivity contribution in [2.24, 2.45) is 0 Å².